The van der Waals surface area contributed by atoms with E-state index >= 15 is 0 Å². The smallest absolute Gasteiger partial charge is 0.347 e. The molecule has 1 aliphatic heterocycles. The van der Waals surface area contributed by atoms with E-state index in [-0.39, 0.29) is 47.6 Å². The van der Waals surface area contributed by atoms with Gasteiger partial charge < -0.3 is 19.4 Å². The molecule has 6 nitrogen and oxygen atoms in total. The maximum atomic E-state index is 12.2. The zero-order chi connectivity index (χ0) is 16.7. The number of hydrogen-bond acceptors (Lipinski definition) is 6. The summed E-state index contributed by atoms with van der Waals surface area (Å²) in [6.07, 6.45) is 1.22. The molecule has 0 saturated carbocycles. The molecule has 2 heterocycles. The summed E-state index contributed by atoms with van der Waals surface area (Å²) in [6.45, 7) is 3.08. The maximum Gasteiger partial charge on any atom is 0.347 e. The third-order valence-electron chi connectivity index (χ3n) is 3.94. The van der Waals surface area contributed by atoms with Gasteiger partial charge in [-0.2, -0.15) is 0 Å². The monoisotopic (exact) mass is 316 g/mol. The Bertz CT molecular complexity index is 890. The van der Waals surface area contributed by atoms with Crippen LogP contribution >= 0.6 is 0 Å². The van der Waals surface area contributed by atoms with E-state index in [0.29, 0.717) is 16.5 Å². The minimum atomic E-state index is -0.669. The molecule has 2 aromatic rings. The Kier molecular flexibility index (Phi) is 3.69. The Hall–Kier alpha value is -2.60. The SMILES string of the molecule is Cc1c(O)cc2oc(=O)c(C3=CC(=O)C[C@@H](C)O3)cc2c1CO. The Morgan fingerprint density at radius 1 is 1.30 bits per heavy atom. The van der Waals surface area contributed by atoms with E-state index < -0.39 is 5.63 Å². The van der Waals surface area contributed by atoms with Crippen molar-refractivity contribution in [2.24, 2.45) is 0 Å². The van der Waals surface area contributed by atoms with Crippen LogP contribution < -0.4 is 5.63 Å². The quantitative estimate of drug-likeness (QED) is 0.823. The number of aliphatic hydroxyl groups is 1. The number of phenolic OH excluding ortho intramolecular Hbond substituents is 1. The van der Waals surface area contributed by atoms with Crippen molar-refractivity contribution in [3.63, 3.8) is 0 Å². The number of ether oxygens (including phenoxy) is 1. The molecule has 0 saturated heterocycles. The topological polar surface area (TPSA) is 97.0 Å². The fourth-order valence-electron chi connectivity index (χ4n) is 2.71. The van der Waals surface area contributed by atoms with Crippen LogP contribution in [0.1, 0.15) is 30.0 Å². The molecule has 0 fully saturated rings. The minimum Gasteiger partial charge on any atom is -0.508 e. The second kappa shape index (κ2) is 5.55. The lowest BCUT2D eigenvalue weighted by molar-refractivity contribution is -0.117. The molecule has 0 radical (unpaired) electrons. The molecule has 0 aliphatic carbocycles. The molecule has 120 valence electrons. The fourth-order valence-corrected chi connectivity index (χ4v) is 2.71. The van der Waals surface area contributed by atoms with Crippen LogP contribution in [0.3, 0.4) is 0 Å². The number of ketones is 1. The molecular weight excluding hydrogens is 300 g/mol. The summed E-state index contributed by atoms with van der Waals surface area (Å²) in [6, 6.07) is 2.86. The van der Waals surface area contributed by atoms with E-state index in [0.717, 1.165) is 0 Å². The second-order valence-corrected chi connectivity index (χ2v) is 5.62. The highest BCUT2D eigenvalue weighted by Crippen LogP contribution is 2.31. The molecule has 1 aliphatic rings. The highest BCUT2D eigenvalue weighted by atomic mass is 16.5. The summed E-state index contributed by atoms with van der Waals surface area (Å²) in [5, 5.41) is 19.9. The number of carbonyl (C=O) groups is 1. The Morgan fingerprint density at radius 3 is 2.70 bits per heavy atom. The fraction of sp³-hybridized carbons (Fsp3) is 0.294. The molecule has 23 heavy (non-hydrogen) atoms. The number of aromatic hydroxyl groups is 1. The largest absolute Gasteiger partial charge is 0.508 e. The van der Waals surface area contributed by atoms with E-state index in [1.807, 2.05) is 0 Å². The predicted octanol–water partition coefficient (Wildman–Crippen LogP) is 2.02. The molecule has 2 N–H and O–H groups in total. The van der Waals surface area contributed by atoms with Crippen molar-refractivity contribution in [3.8, 4) is 5.75 Å². The first kappa shape index (κ1) is 15.3. The standard InChI is InChI=1S/C17H16O6/c1-8-3-10(19)4-15(22-8)12-5-11-13(7-18)9(2)14(20)6-16(11)23-17(12)21/h4-6,8,18,20H,3,7H2,1-2H3/t8-/m1/s1. The zero-order valence-electron chi connectivity index (χ0n) is 12.8. The summed E-state index contributed by atoms with van der Waals surface area (Å²) in [5.41, 5.74) is 0.584. The zero-order valence-corrected chi connectivity index (χ0v) is 12.8. The van der Waals surface area contributed by atoms with Gasteiger partial charge in [-0.05, 0) is 31.0 Å². The minimum absolute atomic E-state index is 0.0608. The van der Waals surface area contributed by atoms with Crippen LogP contribution in [0.2, 0.25) is 0 Å². The first-order valence-electron chi connectivity index (χ1n) is 7.22. The predicted molar refractivity (Wildman–Crippen MR) is 83.0 cm³/mol. The summed E-state index contributed by atoms with van der Waals surface area (Å²) in [7, 11) is 0. The van der Waals surface area contributed by atoms with Crippen LogP contribution in [0.25, 0.3) is 16.7 Å². The van der Waals surface area contributed by atoms with Crippen molar-refractivity contribution >= 4 is 22.5 Å². The first-order valence-corrected chi connectivity index (χ1v) is 7.22. The van der Waals surface area contributed by atoms with Crippen LogP contribution in [-0.4, -0.2) is 22.1 Å². The van der Waals surface area contributed by atoms with Gasteiger partial charge in [0.05, 0.1) is 6.61 Å². The summed E-state index contributed by atoms with van der Waals surface area (Å²) in [4.78, 5) is 23.9. The van der Waals surface area contributed by atoms with Crippen molar-refractivity contribution in [2.45, 2.75) is 33.0 Å². The van der Waals surface area contributed by atoms with Crippen LogP contribution in [0, 0.1) is 6.92 Å². The van der Waals surface area contributed by atoms with Crippen LogP contribution in [-0.2, 0) is 16.1 Å². The van der Waals surface area contributed by atoms with Crippen molar-refractivity contribution in [3.05, 3.63) is 45.3 Å². The number of phenols is 1. The molecular formula is C17H16O6. The normalized spacial score (nSPS) is 18.0. The molecule has 1 aromatic carbocycles. The number of carbonyl (C=O) groups excluding carboxylic acids is 1. The summed E-state index contributed by atoms with van der Waals surface area (Å²) < 4.78 is 10.8. The highest BCUT2D eigenvalue weighted by Gasteiger charge is 2.23. The average Bonchev–Trinajstić information content (AvgIpc) is 2.47. The van der Waals surface area contributed by atoms with E-state index in [1.54, 1.807) is 13.8 Å². The Labute approximate surface area is 131 Å². The molecule has 1 aromatic heterocycles. The van der Waals surface area contributed by atoms with Crippen molar-refractivity contribution in [2.75, 3.05) is 0 Å². The highest BCUT2D eigenvalue weighted by molar-refractivity contribution is 5.97. The van der Waals surface area contributed by atoms with E-state index in [1.165, 1.54) is 18.2 Å². The van der Waals surface area contributed by atoms with Gasteiger partial charge in [-0.15, -0.1) is 0 Å². The molecule has 0 bridgehead atoms. The van der Waals surface area contributed by atoms with E-state index in [9.17, 15) is 19.8 Å². The van der Waals surface area contributed by atoms with Gasteiger partial charge in [0.2, 0.25) is 0 Å². The van der Waals surface area contributed by atoms with Gasteiger partial charge in [-0.3, -0.25) is 4.79 Å². The van der Waals surface area contributed by atoms with Gasteiger partial charge in [0.1, 0.15) is 28.8 Å². The summed E-state index contributed by atoms with van der Waals surface area (Å²) >= 11 is 0. The van der Waals surface area contributed by atoms with Crippen LogP contribution in [0.5, 0.6) is 5.75 Å². The van der Waals surface area contributed by atoms with Crippen molar-refractivity contribution in [1.82, 2.24) is 0 Å². The van der Waals surface area contributed by atoms with Crippen LogP contribution in [0.15, 0.2) is 27.4 Å². The number of fused-ring (bicyclic) bond motifs is 1. The molecule has 6 heteroatoms. The number of benzene rings is 1. The van der Waals surface area contributed by atoms with Gasteiger partial charge in [0.15, 0.2) is 5.78 Å². The lowest BCUT2D eigenvalue weighted by Crippen LogP contribution is -2.21. The molecule has 0 unspecified atom stereocenters. The van der Waals surface area contributed by atoms with Crippen molar-refractivity contribution < 1.29 is 24.2 Å². The van der Waals surface area contributed by atoms with Gasteiger partial charge >= 0.3 is 5.63 Å². The first-order chi connectivity index (χ1) is 10.9. The molecule has 0 amide bonds. The molecule has 0 spiro atoms. The number of rotatable bonds is 2. The number of hydrogen-bond donors (Lipinski definition) is 2. The molecule has 1 atom stereocenters. The van der Waals surface area contributed by atoms with Crippen LogP contribution in [0.4, 0.5) is 0 Å². The van der Waals surface area contributed by atoms with E-state index in [4.69, 9.17) is 9.15 Å². The number of aliphatic hydroxyl groups excluding tert-OH is 1. The lowest BCUT2D eigenvalue weighted by Gasteiger charge is -2.20. The third kappa shape index (κ3) is 2.61. The van der Waals surface area contributed by atoms with Crippen molar-refractivity contribution in [1.29, 1.82) is 0 Å². The van der Waals surface area contributed by atoms with Gasteiger partial charge in [-0.25, -0.2) is 4.79 Å². The average molecular weight is 316 g/mol. The van der Waals surface area contributed by atoms with Gasteiger partial charge in [0, 0.05) is 23.9 Å². The third-order valence-corrected chi connectivity index (χ3v) is 3.94. The van der Waals surface area contributed by atoms with Gasteiger partial charge in [0.25, 0.3) is 0 Å². The number of allylic oxidation sites excluding steroid dienone is 1. The lowest BCUT2D eigenvalue weighted by atomic mass is 10.0. The Balaban J connectivity index is 2.27. The summed E-state index contributed by atoms with van der Waals surface area (Å²) in [5.74, 6) is -0.0177. The Morgan fingerprint density at radius 2 is 2.04 bits per heavy atom. The second-order valence-electron chi connectivity index (χ2n) is 5.62. The van der Waals surface area contributed by atoms with Gasteiger partial charge in [-0.1, -0.05) is 0 Å². The molecule has 3 rings (SSSR count). The maximum absolute atomic E-state index is 12.2. The van der Waals surface area contributed by atoms with E-state index in [2.05, 4.69) is 0 Å².